The highest BCUT2D eigenvalue weighted by Gasteiger charge is 2.12. The first kappa shape index (κ1) is 13.4. The van der Waals surface area contributed by atoms with Crippen molar-refractivity contribution in [3.05, 3.63) is 40.6 Å². The first-order valence-electron chi connectivity index (χ1n) is 5.47. The van der Waals surface area contributed by atoms with Gasteiger partial charge in [-0.25, -0.2) is 0 Å². The predicted octanol–water partition coefficient (Wildman–Crippen LogP) is 3.40. The Labute approximate surface area is 119 Å². The van der Waals surface area contributed by atoms with Crippen molar-refractivity contribution in [2.75, 3.05) is 14.2 Å². The number of hydrogen-bond acceptors (Lipinski definition) is 4. The maximum atomic E-state index is 9.22. The summed E-state index contributed by atoms with van der Waals surface area (Å²) in [6, 6.07) is 7.66. The molecule has 0 unspecified atom stereocenters. The first-order chi connectivity index (χ1) is 9.21. The number of aromatic nitrogens is 1. The van der Waals surface area contributed by atoms with Crippen molar-refractivity contribution in [3.8, 4) is 28.7 Å². The molecule has 1 heterocycles. The van der Waals surface area contributed by atoms with Crippen molar-refractivity contribution < 1.29 is 9.47 Å². The van der Waals surface area contributed by atoms with E-state index in [1.54, 1.807) is 32.7 Å². The van der Waals surface area contributed by atoms with Gasteiger partial charge in [0.25, 0.3) is 0 Å². The molecular weight excluding hydrogens is 308 g/mol. The second-order valence-corrected chi connectivity index (χ2v) is 4.58. The zero-order valence-electron chi connectivity index (χ0n) is 10.5. The lowest BCUT2D eigenvalue weighted by Gasteiger charge is -2.10. The van der Waals surface area contributed by atoms with E-state index in [0.29, 0.717) is 21.5 Å². The Morgan fingerprint density at radius 3 is 2.53 bits per heavy atom. The molecule has 0 radical (unpaired) electrons. The van der Waals surface area contributed by atoms with E-state index in [0.717, 1.165) is 11.1 Å². The van der Waals surface area contributed by atoms with Gasteiger partial charge in [-0.1, -0.05) is 6.07 Å². The number of nitrogens with zero attached hydrogens (tertiary/aromatic N) is 2. The van der Waals surface area contributed by atoms with Crippen LogP contribution in [0.15, 0.2) is 35.1 Å². The topological polar surface area (TPSA) is 55.1 Å². The molecule has 0 aliphatic heterocycles. The molecule has 5 heteroatoms. The maximum absolute atomic E-state index is 9.22. The second kappa shape index (κ2) is 5.72. The van der Waals surface area contributed by atoms with Crippen molar-refractivity contribution in [2.45, 2.75) is 0 Å². The van der Waals surface area contributed by atoms with Crippen LogP contribution in [-0.2, 0) is 0 Å². The molecule has 0 aliphatic carbocycles. The molecule has 0 fully saturated rings. The third kappa shape index (κ3) is 2.54. The highest BCUT2D eigenvalue weighted by atomic mass is 79.9. The van der Waals surface area contributed by atoms with E-state index in [2.05, 4.69) is 27.0 Å². The largest absolute Gasteiger partial charge is 0.493 e. The molecule has 4 nitrogen and oxygen atoms in total. The summed E-state index contributed by atoms with van der Waals surface area (Å²) < 4.78 is 11.1. The Morgan fingerprint density at radius 1 is 1.16 bits per heavy atom. The molecule has 0 bridgehead atoms. The summed E-state index contributed by atoms with van der Waals surface area (Å²) >= 11 is 3.33. The van der Waals surface area contributed by atoms with Gasteiger partial charge in [0.15, 0.2) is 11.5 Å². The molecule has 2 aromatic rings. The molecule has 0 N–H and O–H groups in total. The average molecular weight is 319 g/mol. The zero-order valence-corrected chi connectivity index (χ0v) is 12.1. The SMILES string of the molecule is COc1ccc(-c2cncc(Br)c2C#N)cc1OC. The predicted molar refractivity (Wildman–Crippen MR) is 75.2 cm³/mol. The smallest absolute Gasteiger partial charge is 0.161 e. The van der Waals surface area contributed by atoms with Crippen molar-refractivity contribution in [2.24, 2.45) is 0 Å². The van der Waals surface area contributed by atoms with Crippen LogP contribution in [0.4, 0.5) is 0 Å². The lowest BCUT2D eigenvalue weighted by molar-refractivity contribution is 0.355. The summed E-state index contributed by atoms with van der Waals surface area (Å²) in [5.74, 6) is 1.26. The van der Waals surface area contributed by atoms with E-state index < -0.39 is 0 Å². The maximum Gasteiger partial charge on any atom is 0.161 e. The fraction of sp³-hybridized carbons (Fsp3) is 0.143. The number of halogens is 1. The van der Waals surface area contributed by atoms with Crippen LogP contribution in [-0.4, -0.2) is 19.2 Å². The first-order valence-corrected chi connectivity index (χ1v) is 6.26. The molecule has 0 spiro atoms. The minimum absolute atomic E-state index is 0.544. The highest BCUT2D eigenvalue weighted by molar-refractivity contribution is 9.10. The van der Waals surface area contributed by atoms with Crippen molar-refractivity contribution in [3.63, 3.8) is 0 Å². The summed E-state index contributed by atoms with van der Waals surface area (Å²) in [6.07, 6.45) is 3.26. The standard InChI is InChI=1S/C14H11BrN2O2/c1-18-13-4-3-9(5-14(13)19-2)11-7-17-8-12(15)10(11)6-16/h3-5,7-8H,1-2H3. The Hall–Kier alpha value is -2.06. The Morgan fingerprint density at radius 2 is 1.89 bits per heavy atom. The molecule has 0 saturated heterocycles. The van der Waals surface area contributed by atoms with E-state index in [9.17, 15) is 5.26 Å². The van der Waals surface area contributed by atoms with Gasteiger partial charge in [-0.2, -0.15) is 5.26 Å². The van der Waals surface area contributed by atoms with Gasteiger partial charge >= 0.3 is 0 Å². The van der Waals surface area contributed by atoms with E-state index in [4.69, 9.17) is 9.47 Å². The summed E-state index contributed by atoms with van der Waals surface area (Å²) in [4.78, 5) is 4.10. The molecule has 1 aromatic heterocycles. The number of methoxy groups -OCH3 is 2. The summed E-state index contributed by atoms with van der Waals surface area (Å²) in [7, 11) is 3.16. The van der Waals surface area contributed by atoms with Crippen LogP contribution in [0.1, 0.15) is 5.56 Å². The van der Waals surface area contributed by atoms with Crippen LogP contribution in [0.3, 0.4) is 0 Å². The summed E-state index contributed by atoms with van der Waals surface area (Å²) in [6.45, 7) is 0. The zero-order chi connectivity index (χ0) is 13.8. The molecule has 0 amide bonds. The van der Waals surface area contributed by atoms with Gasteiger partial charge < -0.3 is 9.47 Å². The van der Waals surface area contributed by atoms with E-state index in [1.165, 1.54) is 0 Å². The lowest BCUT2D eigenvalue weighted by atomic mass is 10.0. The van der Waals surface area contributed by atoms with Crippen molar-refractivity contribution >= 4 is 15.9 Å². The Balaban J connectivity index is 2.60. The Kier molecular flexibility index (Phi) is 4.03. The monoisotopic (exact) mass is 318 g/mol. The number of pyridine rings is 1. The van der Waals surface area contributed by atoms with E-state index in [1.807, 2.05) is 12.1 Å². The van der Waals surface area contributed by atoms with Crippen LogP contribution in [0.25, 0.3) is 11.1 Å². The normalized spacial score (nSPS) is 9.79. The Bertz CT molecular complexity index is 650. The fourth-order valence-corrected chi connectivity index (χ4v) is 2.19. The van der Waals surface area contributed by atoms with Gasteiger partial charge in [-0.05, 0) is 33.6 Å². The van der Waals surface area contributed by atoms with Gasteiger partial charge in [0.1, 0.15) is 6.07 Å². The summed E-state index contributed by atoms with van der Waals surface area (Å²) in [5.41, 5.74) is 2.14. The molecule has 0 saturated carbocycles. The van der Waals surface area contributed by atoms with Gasteiger partial charge in [0, 0.05) is 18.0 Å². The highest BCUT2D eigenvalue weighted by Crippen LogP contribution is 2.34. The lowest BCUT2D eigenvalue weighted by Crippen LogP contribution is -1.93. The number of benzene rings is 1. The number of ether oxygens (including phenoxy) is 2. The molecule has 1 aromatic carbocycles. The minimum Gasteiger partial charge on any atom is -0.493 e. The van der Waals surface area contributed by atoms with Crippen LogP contribution in [0, 0.1) is 11.3 Å². The fourth-order valence-electron chi connectivity index (χ4n) is 1.77. The molecule has 0 atom stereocenters. The third-order valence-corrected chi connectivity index (χ3v) is 3.31. The average Bonchev–Trinajstić information content (AvgIpc) is 2.46. The summed E-state index contributed by atoms with van der Waals surface area (Å²) in [5, 5.41) is 9.22. The minimum atomic E-state index is 0.544. The second-order valence-electron chi connectivity index (χ2n) is 3.73. The molecular formula is C14H11BrN2O2. The molecule has 2 rings (SSSR count). The number of rotatable bonds is 3. The van der Waals surface area contributed by atoms with E-state index >= 15 is 0 Å². The van der Waals surface area contributed by atoms with Gasteiger partial charge in [-0.15, -0.1) is 0 Å². The third-order valence-electron chi connectivity index (χ3n) is 2.71. The van der Waals surface area contributed by atoms with Crippen molar-refractivity contribution in [1.29, 1.82) is 5.26 Å². The van der Waals surface area contributed by atoms with Crippen LogP contribution in [0.2, 0.25) is 0 Å². The molecule has 96 valence electrons. The molecule has 0 aliphatic rings. The van der Waals surface area contributed by atoms with Crippen LogP contribution >= 0.6 is 15.9 Å². The van der Waals surface area contributed by atoms with Crippen LogP contribution < -0.4 is 9.47 Å². The van der Waals surface area contributed by atoms with Crippen molar-refractivity contribution in [1.82, 2.24) is 4.98 Å². The van der Waals surface area contributed by atoms with Gasteiger partial charge in [-0.3, -0.25) is 4.98 Å². The molecule has 19 heavy (non-hydrogen) atoms. The van der Waals surface area contributed by atoms with Gasteiger partial charge in [0.2, 0.25) is 0 Å². The number of hydrogen-bond donors (Lipinski definition) is 0. The van der Waals surface area contributed by atoms with Crippen LogP contribution in [0.5, 0.6) is 11.5 Å². The van der Waals surface area contributed by atoms with Gasteiger partial charge in [0.05, 0.1) is 24.3 Å². The number of nitriles is 1. The van der Waals surface area contributed by atoms with E-state index in [-0.39, 0.29) is 0 Å². The quantitative estimate of drug-likeness (QED) is 0.870.